The molecule has 3 N–H and O–H groups in total. The average Bonchev–Trinajstić information content (AvgIpc) is 3.12. The molecule has 5 rings (SSSR count). The quantitative estimate of drug-likeness (QED) is 0.153. The highest BCUT2D eigenvalue weighted by molar-refractivity contribution is 5.95. The van der Waals surface area contributed by atoms with Crippen LogP contribution in [-0.2, 0) is 54.2 Å². The second kappa shape index (κ2) is 16.9. The Morgan fingerprint density at radius 3 is 2.24 bits per heavy atom. The van der Waals surface area contributed by atoms with Crippen LogP contribution < -0.4 is 5.32 Å². The molecule has 14 heteroatoms. The lowest BCUT2D eigenvalue weighted by Crippen LogP contribution is -2.79. The largest absolute Gasteiger partial charge is 0.456 e. The molecule has 11 atom stereocenters. The van der Waals surface area contributed by atoms with Gasteiger partial charge in [-0.2, -0.15) is 0 Å². The number of hydrogen-bond acceptors (Lipinski definition) is 13. The molecule has 3 unspecified atom stereocenters. The van der Waals surface area contributed by atoms with Crippen LogP contribution in [0.4, 0.5) is 4.79 Å². The Morgan fingerprint density at radius 2 is 1.69 bits per heavy atom. The number of hydrogen-bond donors (Lipinski definition) is 3. The third-order valence-corrected chi connectivity index (χ3v) is 12.3. The summed E-state index contributed by atoms with van der Waals surface area (Å²) in [6.45, 7) is 18.6. The van der Waals surface area contributed by atoms with Crippen LogP contribution in [-0.4, -0.2) is 100 Å². The number of esters is 3. The molecule has 320 valence electrons. The normalized spacial score (nSPS) is 32.4. The molecule has 1 aliphatic heterocycles. The van der Waals surface area contributed by atoms with Crippen molar-refractivity contribution >= 4 is 29.8 Å². The van der Waals surface area contributed by atoms with E-state index in [9.17, 15) is 29.4 Å². The molecular weight excluding hydrogens is 750 g/mol. The molecule has 0 radical (unpaired) electrons. The topological polar surface area (TPSA) is 193 Å². The van der Waals surface area contributed by atoms with Crippen LogP contribution in [0.2, 0.25) is 0 Å². The second-order valence-electron chi connectivity index (χ2n) is 18.2. The highest BCUT2D eigenvalue weighted by Crippen LogP contribution is 2.63. The van der Waals surface area contributed by atoms with Crippen LogP contribution in [0, 0.1) is 22.7 Å². The van der Waals surface area contributed by atoms with Gasteiger partial charge in [0, 0.05) is 25.7 Å². The summed E-state index contributed by atoms with van der Waals surface area (Å²) in [5.74, 6) is -4.62. The fourth-order valence-electron chi connectivity index (χ4n) is 9.58. The zero-order chi connectivity index (χ0) is 43.1. The zero-order valence-corrected chi connectivity index (χ0v) is 35.6. The third kappa shape index (κ3) is 8.62. The lowest BCUT2D eigenvalue weighted by atomic mass is 9.46. The number of nitrogens with one attached hydrogen (secondary N) is 1. The number of amides is 1. The fraction of sp³-hybridized carbons (Fsp3) is 0.659. The van der Waals surface area contributed by atoms with Gasteiger partial charge in [0.25, 0.3) is 0 Å². The van der Waals surface area contributed by atoms with Gasteiger partial charge >= 0.3 is 24.0 Å². The summed E-state index contributed by atoms with van der Waals surface area (Å²) in [5.41, 5.74) is -2.62. The van der Waals surface area contributed by atoms with Crippen LogP contribution >= 0.6 is 0 Å². The molecule has 14 nitrogen and oxygen atoms in total. The first-order chi connectivity index (χ1) is 27.0. The van der Waals surface area contributed by atoms with Gasteiger partial charge < -0.3 is 44.0 Å². The Hall–Kier alpha value is -4.11. The van der Waals surface area contributed by atoms with Crippen LogP contribution in [0.25, 0.3) is 0 Å². The van der Waals surface area contributed by atoms with Gasteiger partial charge in [-0.1, -0.05) is 62.8 Å². The Kier molecular flexibility index (Phi) is 13.1. The molecule has 1 amide bonds. The number of alkyl carbamates (subject to hydrolysis) is 1. The minimum atomic E-state index is -1.88. The number of fused-ring (bicyclic) bond motifs is 5. The lowest BCUT2D eigenvalue weighted by Gasteiger charge is -2.66. The number of aliphatic hydroxyl groups excluding tert-OH is 2. The number of Topliss-reactive ketones (excluding diaryl/α,β-unsaturated/α-hetero) is 1. The van der Waals surface area contributed by atoms with Gasteiger partial charge in [0.15, 0.2) is 23.6 Å². The summed E-state index contributed by atoms with van der Waals surface area (Å²) in [4.78, 5) is 68.5. The van der Waals surface area contributed by atoms with Gasteiger partial charge in [-0.25, -0.2) is 9.59 Å². The van der Waals surface area contributed by atoms with E-state index < -0.39 is 106 Å². The van der Waals surface area contributed by atoms with E-state index in [2.05, 4.69) is 5.32 Å². The van der Waals surface area contributed by atoms with E-state index in [0.717, 1.165) is 5.56 Å². The summed E-state index contributed by atoms with van der Waals surface area (Å²) in [5, 5.41) is 26.1. The molecule has 1 aromatic rings. The second-order valence-corrected chi connectivity index (χ2v) is 18.2. The van der Waals surface area contributed by atoms with Crippen molar-refractivity contribution < 1.29 is 62.6 Å². The molecule has 4 aliphatic rings. The summed E-state index contributed by atoms with van der Waals surface area (Å²) in [6.07, 6.45) is -6.86. The number of allylic oxidation sites excluding steroid dienone is 1. The van der Waals surface area contributed by atoms with Crippen molar-refractivity contribution in [3.8, 4) is 0 Å². The van der Waals surface area contributed by atoms with E-state index in [4.69, 9.17) is 28.4 Å². The molecule has 3 aliphatic carbocycles. The monoisotopic (exact) mass is 811 g/mol. The molecule has 1 saturated heterocycles. The lowest BCUT2D eigenvalue weighted by molar-refractivity contribution is -0.339. The molecule has 2 saturated carbocycles. The molecule has 3 fully saturated rings. The number of carbonyl (C=O) groups is 5. The first-order valence-corrected chi connectivity index (χ1v) is 20.1. The highest BCUT2D eigenvalue weighted by Gasteiger charge is 2.75. The predicted molar refractivity (Wildman–Crippen MR) is 210 cm³/mol. The maximum atomic E-state index is 15.5. The maximum absolute atomic E-state index is 15.5. The Bertz CT molecular complexity index is 1810. The van der Waals surface area contributed by atoms with E-state index in [0.29, 0.717) is 16.7 Å². The Balaban J connectivity index is 1.68. The molecule has 0 spiro atoms. The smallest absolute Gasteiger partial charge is 0.408 e. The molecule has 1 aromatic carbocycles. The highest BCUT2D eigenvalue weighted by atomic mass is 16.6. The van der Waals surface area contributed by atoms with E-state index in [-0.39, 0.29) is 32.5 Å². The van der Waals surface area contributed by atoms with Crippen molar-refractivity contribution in [1.29, 1.82) is 0 Å². The van der Waals surface area contributed by atoms with Crippen molar-refractivity contribution in [3.05, 3.63) is 58.7 Å². The molecular formula is C44H61NO13. The zero-order valence-electron chi connectivity index (χ0n) is 35.6. The molecule has 58 heavy (non-hydrogen) atoms. The molecule has 2 bridgehead atoms. The van der Waals surface area contributed by atoms with Crippen molar-refractivity contribution in [2.24, 2.45) is 22.7 Å². The van der Waals surface area contributed by atoms with Crippen molar-refractivity contribution in [3.63, 3.8) is 0 Å². The molecule has 0 aromatic heterocycles. The number of aliphatic hydroxyl groups is 2. The van der Waals surface area contributed by atoms with Crippen LogP contribution in [0.3, 0.4) is 0 Å². The third-order valence-electron chi connectivity index (χ3n) is 12.3. The van der Waals surface area contributed by atoms with Gasteiger partial charge in [0.2, 0.25) is 0 Å². The van der Waals surface area contributed by atoms with Crippen molar-refractivity contribution in [1.82, 2.24) is 5.32 Å². The minimum absolute atomic E-state index is 0.0275. The van der Waals surface area contributed by atoms with Crippen LogP contribution in [0.1, 0.15) is 101 Å². The van der Waals surface area contributed by atoms with Crippen molar-refractivity contribution in [2.45, 2.75) is 156 Å². The molecule has 1 heterocycles. The van der Waals surface area contributed by atoms with E-state index in [1.807, 2.05) is 44.2 Å². The number of ketones is 1. The van der Waals surface area contributed by atoms with Crippen LogP contribution in [0.5, 0.6) is 0 Å². The number of benzene rings is 1. The van der Waals surface area contributed by atoms with E-state index in [1.165, 1.54) is 13.0 Å². The summed E-state index contributed by atoms with van der Waals surface area (Å²) in [7, 11) is 0. The van der Waals surface area contributed by atoms with Crippen LogP contribution in [0.15, 0.2) is 53.1 Å². The Morgan fingerprint density at radius 1 is 1.03 bits per heavy atom. The number of rotatable bonds is 11. The standard InChI is InChI=1S/C44H61NO13/c1-12-32(48)56-36-33-24(4)29(55-39(51)34(49)28(18-23(2)3)45-40(52)58-41(6,7)8)19-27(42(33,9)10)35(53-21-26-16-14-13-15-17-26)37-43(11,38(36)50)30(47)20-31-44(37,22-54-31)57-25(5)46/h13-18,27-31,34-37,47,49H,12,19-22H2,1-11H3,(H,45,52)/t27?,28-,29-,30-,31+,34+,35+,36?,37?,43+,44-/m0/s1. The van der Waals surface area contributed by atoms with E-state index in [1.54, 1.807) is 55.4 Å². The van der Waals surface area contributed by atoms with Crippen molar-refractivity contribution in [2.75, 3.05) is 6.61 Å². The number of ether oxygens (including phenoxy) is 6. The minimum Gasteiger partial charge on any atom is -0.456 e. The first kappa shape index (κ1) is 45.0. The summed E-state index contributed by atoms with van der Waals surface area (Å²) >= 11 is 0. The number of carbonyl (C=O) groups excluding carboxylic acids is 5. The van der Waals surface area contributed by atoms with Gasteiger partial charge in [-0.3, -0.25) is 14.4 Å². The fourth-order valence-corrected chi connectivity index (χ4v) is 9.58. The Labute approximate surface area is 341 Å². The van der Waals surface area contributed by atoms with Gasteiger partial charge in [-0.15, -0.1) is 0 Å². The summed E-state index contributed by atoms with van der Waals surface area (Å²) in [6, 6.07) is 8.17. The predicted octanol–water partition coefficient (Wildman–Crippen LogP) is 5.06. The SMILES string of the molecule is CCC(=O)OC1C(=O)[C@@]2(C)C([C@H](OCc3ccccc3)C3C[C@H](OC(=O)[C@H](O)[C@H](C=C(C)C)NC(=O)OC(C)(C)C)C(C)=C1C3(C)C)[C@]1(OC(C)=O)CO[C@@H]1C[C@@H]2O. The van der Waals surface area contributed by atoms with E-state index >= 15 is 4.79 Å². The summed E-state index contributed by atoms with van der Waals surface area (Å²) < 4.78 is 36.7. The first-order valence-electron chi connectivity index (χ1n) is 20.1. The van der Waals surface area contributed by atoms with Gasteiger partial charge in [0.1, 0.15) is 17.8 Å². The van der Waals surface area contributed by atoms with Gasteiger partial charge in [-0.05, 0) is 82.9 Å². The maximum Gasteiger partial charge on any atom is 0.408 e. The van der Waals surface area contributed by atoms with Gasteiger partial charge in [0.05, 0.1) is 36.9 Å². The average molecular weight is 812 g/mol.